The molecular weight excluding hydrogens is 289 g/mol. The van der Waals surface area contributed by atoms with E-state index in [1.807, 2.05) is 18.2 Å². The highest BCUT2D eigenvalue weighted by Crippen LogP contribution is 2.35. The molecule has 1 unspecified atom stereocenters. The van der Waals surface area contributed by atoms with Crippen LogP contribution in [0.4, 0.5) is 4.39 Å². The van der Waals surface area contributed by atoms with Crippen LogP contribution in [0.3, 0.4) is 0 Å². The van der Waals surface area contributed by atoms with Crippen LogP contribution in [-0.4, -0.2) is 6.61 Å². The molecule has 110 valence electrons. The number of ether oxygens (including phenoxy) is 1. The fraction of sp³-hybridized carbons (Fsp3) is 0.294. The van der Waals surface area contributed by atoms with Gasteiger partial charge in [-0.05, 0) is 53.8 Å². The van der Waals surface area contributed by atoms with Gasteiger partial charge in [-0.1, -0.05) is 23.7 Å². The highest BCUT2D eigenvalue weighted by molar-refractivity contribution is 6.30. The summed E-state index contributed by atoms with van der Waals surface area (Å²) >= 11 is 6.15. The lowest BCUT2D eigenvalue weighted by molar-refractivity contribution is 0.352. The number of hydrogen-bond acceptors (Lipinski definition) is 2. The topological polar surface area (TPSA) is 35.2 Å². The molecule has 0 radical (unpaired) electrons. The molecule has 2 nitrogen and oxygen atoms in total. The smallest absolute Gasteiger partial charge is 0.126 e. The molecule has 0 saturated heterocycles. The zero-order valence-corrected chi connectivity index (χ0v) is 12.6. The van der Waals surface area contributed by atoms with E-state index in [-0.39, 0.29) is 11.9 Å². The number of rotatable bonds is 3. The molecule has 0 saturated carbocycles. The van der Waals surface area contributed by atoms with Gasteiger partial charge < -0.3 is 10.5 Å². The first-order chi connectivity index (χ1) is 10.0. The van der Waals surface area contributed by atoms with Gasteiger partial charge in [0.2, 0.25) is 0 Å². The number of aryl methyl sites for hydroxylation is 1. The Kier molecular flexibility index (Phi) is 3.87. The summed E-state index contributed by atoms with van der Waals surface area (Å²) in [5, 5.41) is 0.691. The van der Waals surface area contributed by atoms with Crippen LogP contribution >= 0.6 is 11.6 Å². The minimum absolute atomic E-state index is 0.226. The first kappa shape index (κ1) is 14.4. The number of hydrogen-bond donors (Lipinski definition) is 1. The zero-order chi connectivity index (χ0) is 15.0. The molecule has 4 heteroatoms. The lowest BCUT2D eigenvalue weighted by Crippen LogP contribution is -2.14. The summed E-state index contributed by atoms with van der Waals surface area (Å²) in [7, 11) is 0. The lowest BCUT2D eigenvalue weighted by Gasteiger charge is -2.15. The maximum Gasteiger partial charge on any atom is 0.126 e. The van der Waals surface area contributed by atoms with Crippen LogP contribution in [-0.2, 0) is 12.8 Å². The fourth-order valence-corrected chi connectivity index (χ4v) is 2.96. The van der Waals surface area contributed by atoms with E-state index in [1.165, 1.54) is 6.07 Å². The van der Waals surface area contributed by atoms with Gasteiger partial charge in [-0.3, -0.25) is 0 Å². The minimum atomic E-state index is -0.285. The maximum absolute atomic E-state index is 13.7. The first-order valence-electron chi connectivity index (χ1n) is 7.00. The molecule has 1 heterocycles. The molecule has 0 amide bonds. The van der Waals surface area contributed by atoms with E-state index in [0.29, 0.717) is 23.6 Å². The third kappa shape index (κ3) is 2.89. The summed E-state index contributed by atoms with van der Waals surface area (Å²) in [4.78, 5) is 0. The van der Waals surface area contributed by atoms with Crippen molar-refractivity contribution >= 4 is 11.6 Å². The first-order valence-corrected chi connectivity index (χ1v) is 7.38. The van der Waals surface area contributed by atoms with Gasteiger partial charge in [0.05, 0.1) is 6.61 Å². The van der Waals surface area contributed by atoms with Crippen molar-refractivity contribution in [3.05, 3.63) is 63.4 Å². The minimum Gasteiger partial charge on any atom is -0.493 e. The van der Waals surface area contributed by atoms with Gasteiger partial charge in [0.1, 0.15) is 11.6 Å². The van der Waals surface area contributed by atoms with Crippen LogP contribution in [0, 0.1) is 12.7 Å². The molecule has 1 atom stereocenters. The number of benzene rings is 2. The highest BCUT2D eigenvalue weighted by atomic mass is 35.5. The SMILES string of the molecule is Cc1ccc(C(N)Cc2cc(Cl)cc3c2OCC3)cc1F. The molecular formula is C17H17ClFNO. The van der Waals surface area contributed by atoms with Crippen molar-refractivity contribution < 1.29 is 9.13 Å². The molecule has 0 bridgehead atoms. The van der Waals surface area contributed by atoms with Crippen molar-refractivity contribution in [3.63, 3.8) is 0 Å². The number of nitrogens with two attached hydrogens (primary N) is 1. The Labute approximate surface area is 128 Å². The maximum atomic E-state index is 13.7. The van der Waals surface area contributed by atoms with Gasteiger partial charge in [-0.25, -0.2) is 4.39 Å². The van der Waals surface area contributed by atoms with Crippen molar-refractivity contribution in [2.75, 3.05) is 6.61 Å². The van der Waals surface area contributed by atoms with Crippen LogP contribution in [0.15, 0.2) is 30.3 Å². The second-order valence-corrected chi connectivity index (χ2v) is 5.91. The van der Waals surface area contributed by atoms with E-state index in [1.54, 1.807) is 13.0 Å². The second-order valence-electron chi connectivity index (χ2n) is 5.47. The van der Waals surface area contributed by atoms with Crippen molar-refractivity contribution in [2.45, 2.75) is 25.8 Å². The summed E-state index contributed by atoms with van der Waals surface area (Å²) in [5.74, 6) is 0.665. The summed E-state index contributed by atoms with van der Waals surface area (Å²) in [6.45, 7) is 2.42. The Morgan fingerprint density at radius 1 is 1.33 bits per heavy atom. The summed E-state index contributed by atoms with van der Waals surface area (Å²) in [5.41, 5.74) is 9.74. The third-order valence-electron chi connectivity index (χ3n) is 3.89. The zero-order valence-electron chi connectivity index (χ0n) is 11.8. The quantitative estimate of drug-likeness (QED) is 0.931. The summed E-state index contributed by atoms with van der Waals surface area (Å²) in [6.07, 6.45) is 1.45. The van der Waals surface area contributed by atoms with Crippen molar-refractivity contribution in [1.82, 2.24) is 0 Å². The third-order valence-corrected chi connectivity index (χ3v) is 4.11. The standard InChI is InChI=1S/C17H17ClFNO/c1-10-2-3-11(8-15(10)19)16(20)9-13-7-14(18)6-12-4-5-21-17(12)13/h2-3,6-8,16H,4-5,9,20H2,1H3. The Morgan fingerprint density at radius 2 is 2.14 bits per heavy atom. The fourth-order valence-electron chi connectivity index (χ4n) is 2.69. The van der Waals surface area contributed by atoms with Gasteiger partial charge in [0.25, 0.3) is 0 Å². The normalized spacial score (nSPS) is 14.7. The van der Waals surface area contributed by atoms with E-state index in [2.05, 4.69) is 0 Å². The van der Waals surface area contributed by atoms with Gasteiger partial charge in [0, 0.05) is 17.5 Å². The largest absolute Gasteiger partial charge is 0.493 e. The Morgan fingerprint density at radius 3 is 2.90 bits per heavy atom. The highest BCUT2D eigenvalue weighted by Gasteiger charge is 2.20. The molecule has 2 N–H and O–H groups in total. The van der Waals surface area contributed by atoms with Gasteiger partial charge in [-0.2, -0.15) is 0 Å². The van der Waals surface area contributed by atoms with E-state index in [4.69, 9.17) is 22.1 Å². The average molecular weight is 306 g/mol. The number of fused-ring (bicyclic) bond motifs is 1. The van der Waals surface area contributed by atoms with Crippen LogP contribution in [0.1, 0.15) is 28.3 Å². The molecule has 2 aromatic carbocycles. The molecule has 0 aromatic heterocycles. The van der Waals surface area contributed by atoms with Crippen molar-refractivity contribution in [3.8, 4) is 5.75 Å². The molecule has 0 spiro atoms. The summed E-state index contributed by atoms with van der Waals surface area (Å²) in [6, 6.07) is 8.66. The Balaban J connectivity index is 1.88. The van der Waals surface area contributed by atoms with Gasteiger partial charge in [0.15, 0.2) is 0 Å². The second kappa shape index (κ2) is 5.66. The van der Waals surface area contributed by atoms with Gasteiger partial charge >= 0.3 is 0 Å². The Bertz CT molecular complexity index is 687. The predicted molar refractivity (Wildman–Crippen MR) is 82.4 cm³/mol. The monoisotopic (exact) mass is 305 g/mol. The van der Waals surface area contributed by atoms with Crippen molar-refractivity contribution in [1.29, 1.82) is 0 Å². The Hall–Kier alpha value is -1.58. The molecule has 0 fully saturated rings. The van der Waals surface area contributed by atoms with Crippen LogP contribution in [0.2, 0.25) is 5.02 Å². The van der Waals surface area contributed by atoms with Gasteiger partial charge in [-0.15, -0.1) is 0 Å². The van der Waals surface area contributed by atoms with Crippen LogP contribution in [0.25, 0.3) is 0 Å². The van der Waals surface area contributed by atoms with Crippen LogP contribution in [0.5, 0.6) is 5.75 Å². The molecule has 1 aliphatic heterocycles. The molecule has 2 aromatic rings. The lowest BCUT2D eigenvalue weighted by atomic mass is 9.96. The van der Waals surface area contributed by atoms with E-state index in [9.17, 15) is 4.39 Å². The molecule has 21 heavy (non-hydrogen) atoms. The summed E-state index contributed by atoms with van der Waals surface area (Å²) < 4.78 is 19.3. The van der Waals surface area contributed by atoms with E-state index in [0.717, 1.165) is 28.9 Å². The van der Waals surface area contributed by atoms with E-state index < -0.39 is 0 Å². The average Bonchev–Trinajstić information content (AvgIpc) is 2.90. The molecule has 3 rings (SSSR count). The van der Waals surface area contributed by atoms with E-state index >= 15 is 0 Å². The predicted octanol–water partition coefficient (Wildman–Crippen LogP) is 3.96. The number of halogens is 2. The molecule has 1 aliphatic rings. The van der Waals surface area contributed by atoms with Crippen molar-refractivity contribution in [2.24, 2.45) is 5.73 Å². The van der Waals surface area contributed by atoms with Crippen LogP contribution < -0.4 is 10.5 Å². The molecule has 0 aliphatic carbocycles.